The van der Waals surface area contributed by atoms with E-state index in [2.05, 4.69) is 10.2 Å². The number of amides is 2. The summed E-state index contributed by atoms with van der Waals surface area (Å²) in [6.45, 7) is 7.49. The second-order valence-electron chi connectivity index (χ2n) is 5.76. The quantitative estimate of drug-likeness (QED) is 0.855. The zero-order valence-corrected chi connectivity index (χ0v) is 13.2. The van der Waals surface area contributed by atoms with Crippen LogP contribution >= 0.6 is 0 Å². The summed E-state index contributed by atoms with van der Waals surface area (Å²) in [6, 6.07) is 7.28. The summed E-state index contributed by atoms with van der Waals surface area (Å²) in [5, 5.41) is 2.77. The summed E-state index contributed by atoms with van der Waals surface area (Å²) in [5.74, 6) is -0.0398. The summed E-state index contributed by atoms with van der Waals surface area (Å²) >= 11 is 0. The number of piperazine rings is 1. The molecule has 1 saturated heterocycles. The van der Waals surface area contributed by atoms with Crippen molar-refractivity contribution in [2.75, 3.05) is 31.5 Å². The first-order chi connectivity index (χ1) is 10.5. The van der Waals surface area contributed by atoms with Gasteiger partial charge in [0.25, 0.3) is 0 Å². The molecule has 1 aliphatic heterocycles. The van der Waals surface area contributed by atoms with E-state index in [0.717, 1.165) is 38.4 Å². The lowest BCUT2D eigenvalue weighted by molar-refractivity contribution is -0.130. The standard InChI is InChI=1S/C16H24N4O2/c1-12(17)16(22)18-15-5-3-14(4-6-15)11-19-7-9-20(10-8-19)13(2)21/h3-6,12H,7-11,17H2,1-2H3,(H,18,22)/t12-/m1/s1. The molecule has 2 rings (SSSR count). The number of nitrogens with two attached hydrogens (primary N) is 1. The maximum atomic E-state index is 11.5. The van der Waals surface area contributed by atoms with Crippen molar-refractivity contribution in [3.8, 4) is 0 Å². The molecule has 2 amide bonds. The Morgan fingerprint density at radius 3 is 2.27 bits per heavy atom. The van der Waals surface area contributed by atoms with Crippen molar-refractivity contribution in [2.24, 2.45) is 5.73 Å². The maximum absolute atomic E-state index is 11.5. The molecule has 6 heteroatoms. The highest BCUT2D eigenvalue weighted by Crippen LogP contribution is 2.13. The second kappa shape index (κ2) is 7.38. The molecule has 1 fully saturated rings. The van der Waals surface area contributed by atoms with E-state index in [1.54, 1.807) is 13.8 Å². The smallest absolute Gasteiger partial charge is 0.240 e. The SMILES string of the molecule is CC(=O)N1CCN(Cc2ccc(NC(=O)[C@@H](C)N)cc2)CC1. The zero-order valence-electron chi connectivity index (χ0n) is 13.2. The van der Waals surface area contributed by atoms with Gasteiger partial charge < -0.3 is 16.0 Å². The first-order valence-corrected chi connectivity index (χ1v) is 7.59. The van der Waals surface area contributed by atoms with Crippen LogP contribution in [0.5, 0.6) is 0 Å². The number of hydrogen-bond donors (Lipinski definition) is 2. The lowest BCUT2D eigenvalue weighted by atomic mass is 10.1. The van der Waals surface area contributed by atoms with Gasteiger partial charge in [-0.3, -0.25) is 14.5 Å². The van der Waals surface area contributed by atoms with E-state index < -0.39 is 6.04 Å². The number of carbonyl (C=O) groups excluding carboxylic acids is 2. The molecule has 0 aromatic heterocycles. The molecule has 6 nitrogen and oxygen atoms in total. The van der Waals surface area contributed by atoms with Gasteiger partial charge >= 0.3 is 0 Å². The van der Waals surface area contributed by atoms with Gasteiger partial charge in [0.1, 0.15) is 0 Å². The number of nitrogens with one attached hydrogen (secondary N) is 1. The predicted molar refractivity (Wildman–Crippen MR) is 86.3 cm³/mol. The van der Waals surface area contributed by atoms with Crippen molar-refractivity contribution in [3.05, 3.63) is 29.8 Å². The Morgan fingerprint density at radius 1 is 1.18 bits per heavy atom. The first kappa shape index (κ1) is 16.5. The summed E-state index contributed by atoms with van der Waals surface area (Å²) in [4.78, 5) is 27.0. The van der Waals surface area contributed by atoms with Crippen molar-refractivity contribution < 1.29 is 9.59 Å². The van der Waals surface area contributed by atoms with Gasteiger partial charge in [-0.1, -0.05) is 12.1 Å². The normalized spacial score (nSPS) is 17.1. The molecule has 1 aliphatic rings. The van der Waals surface area contributed by atoms with Crippen LogP contribution < -0.4 is 11.1 Å². The highest BCUT2D eigenvalue weighted by Gasteiger charge is 2.18. The molecule has 0 radical (unpaired) electrons. The van der Waals surface area contributed by atoms with Crippen LogP contribution in [0.3, 0.4) is 0 Å². The number of nitrogens with zero attached hydrogens (tertiary/aromatic N) is 2. The average molecular weight is 304 g/mol. The van der Waals surface area contributed by atoms with Crippen LogP contribution in [0.15, 0.2) is 24.3 Å². The Balaban J connectivity index is 1.84. The van der Waals surface area contributed by atoms with Crippen LogP contribution in [0.2, 0.25) is 0 Å². The zero-order chi connectivity index (χ0) is 16.1. The topological polar surface area (TPSA) is 78.7 Å². The average Bonchev–Trinajstić information content (AvgIpc) is 2.49. The minimum absolute atomic E-state index is 0.147. The third kappa shape index (κ3) is 4.54. The molecule has 0 saturated carbocycles. The van der Waals surface area contributed by atoms with E-state index in [0.29, 0.717) is 0 Å². The van der Waals surface area contributed by atoms with Crippen LogP contribution in [0.4, 0.5) is 5.69 Å². The molecule has 120 valence electrons. The number of benzene rings is 1. The molecule has 1 atom stereocenters. The molecule has 0 unspecified atom stereocenters. The third-order valence-corrected chi connectivity index (χ3v) is 3.86. The minimum atomic E-state index is -0.516. The summed E-state index contributed by atoms with van der Waals surface area (Å²) in [5.41, 5.74) is 7.47. The summed E-state index contributed by atoms with van der Waals surface area (Å²) < 4.78 is 0. The van der Waals surface area contributed by atoms with Gasteiger partial charge in [-0.15, -0.1) is 0 Å². The Morgan fingerprint density at radius 2 is 1.77 bits per heavy atom. The monoisotopic (exact) mass is 304 g/mol. The molecule has 3 N–H and O–H groups in total. The van der Waals surface area contributed by atoms with Crippen molar-refractivity contribution in [2.45, 2.75) is 26.4 Å². The van der Waals surface area contributed by atoms with Crippen molar-refractivity contribution in [1.29, 1.82) is 0 Å². The Bertz CT molecular complexity index is 519. The van der Waals surface area contributed by atoms with E-state index in [1.165, 1.54) is 5.56 Å². The number of carbonyl (C=O) groups is 2. The summed E-state index contributed by atoms with van der Waals surface area (Å²) in [7, 11) is 0. The largest absolute Gasteiger partial charge is 0.340 e. The van der Waals surface area contributed by atoms with Crippen LogP contribution in [-0.4, -0.2) is 53.8 Å². The minimum Gasteiger partial charge on any atom is -0.340 e. The number of hydrogen-bond acceptors (Lipinski definition) is 4. The fraction of sp³-hybridized carbons (Fsp3) is 0.500. The molecule has 0 spiro atoms. The number of rotatable bonds is 4. The van der Waals surface area contributed by atoms with E-state index in [-0.39, 0.29) is 11.8 Å². The van der Waals surface area contributed by atoms with E-state index in [1.807, 2.05) is 29.2 Å². The number of anilines is 1. The first-order valence-electron chi connectivity index (χ1n) is 7.59. The Labute approximate surface area is 131 Å². The van der Waals surface area contributed by atoms with Gasteiger partial charge in [-0.2, -0.15) is 0 Å². The van der Waals surface area contributed by atoms with E-state index in [4.69, 9.17) is 5.73 Å². The lowest BCUT2D eigenvalue weighted by Gasteiger charge is -2.34. The van der Waals surface area contributed by atoms with Gasteiger partial charge in [0, 0.05) is 45.3 Å². The Kier molecular flexibility index (Phi) is 5.51. The van der Waals surface area contributed by atoms with E-state index >= 15 is 0 Å². The van der Waals surface area contributed by atoms with Crippen LogP contribution in [0.25, 0.3) is 0 Å². The second-order valence-corrected chi connectivity index (χ2v) is 5.76. The van der Waals surface area contributed by atoms with Crippen molar-refractivity contribution in [3.63, 3.8) is 0 Å². The Hall–Kier alpha value is -1.92. The van der Waals surface area contributed by atoms with Crippen LogP contribution in [0.1, 0.15) is 19.4 Å². The molecular weight excluding hydrogens is 280 g/mol. The van der Waals surface area contributed by atoms with Gasteiger partial charge in [-0.05, 0) is 24.6 Å². The maximum Gasteiger partial charge on any atom is 0.240 e. The van der Waals surface area contributed by atoms with E-state index in [9.17, 15) is 9.59 Å². The van der Waals surface area contributed by atoms with Gasteiger partial charge in [0.2, 0.25) is 11.8 Å². The molecule has 1 aromatic carbocycles. The summed E-state index contributed by atoms with van der Waals surface area (Å²) in [6.07, 6.45) is 0. The fourth-order valence-corrected chi connectivity index (χ4v) is 2.43. The fourth-order valence-electron chi connectivity index (χ4n) is 2.43. The van der Waals surface area contributed by atoms with Crippen molar-refractivity contribution >= 4 is 17.5 Å². The molecular formula is C16H24N4O2. The van der Waals surface area contributed by atoms with Crippen LogP contribution in [-0.2, 0) is 16.1 Å². The molecule has 0 bridgehead atoms. The molecule has 1 heterocycles. The molecule has 1 aromatic rings. The van der Waals surface area contributed by atoms with Gasteiger partial charge in [0.05, 0.1) is 6.04 Å². The third-order valence-electron chi connectivity index (χ3n) is 3.86. The highest BCUT2D eigenvalue weighted by atomic mass is 16.2. The molecule has 22 heavy (non-hydrogen) atoms. The van der Waals surface area contributed by atoms with Gasteiger partial charge in [-0.25, -0.2) is 0 Å². The lowest BCUT2D eigenvalue weighted by Crippen LogP contribution is -2.47. The molecule has 0 aliphatic carbocycles. The highest BCUT2D eigenvalue weighted by molar-refractivity contribution is 5.94. The van der Waals surface area contributed by atoms with Gasteiger partial charge in [0.15, 0.2) is 0 Å². The van der Waals surface area contributed by atoms with Crippen LogP contribution in [0, 0.1) is 0 Å². The predicted octanol–water partition coefficient (Wildman–Crippen LogP) is 0.636. The van der Waals surface area contributed by atoms with Crippen molar-refractivity contribution in [1.82, 2.24) is 9.80 Å².